The third kappa shape index (κ3) is 3.01. The van der Waals surface area contributed by atoms with Crippen LogP contribution in [0.1, 0.15) is 6.42 Å². The van der Waals surface area contributed by atoms with Crippen molar-refractivity contribution in [2.45, 2.75) is 6.42 Å². The van der Waals surface area contributed by atoms with Crippen LogP contribution in [-0.4, -0.2) is 30.0 Å². The van der Waals surface area contributed by atoms with Crippen molar-refractivity contribution in [3.05, 3.63) is 31.0 Å². The number of hydrogen-bond donors (Lipinski definition) is 3. The molecule has 1 aromatic heterocycles. The predicted octanol–water partition coefficient (Wildman–Crippen LogP) is 2.15. The molecule has 4 N–H and O–H groups in total. The maximum absolute atomic E-state index is 5.95. The van der Waals surface area contributed by atoms with Gasteiger partial charge < -0.3 is 15.8 Å². The van der Waals surface area contributed by atoms with E-state index in [4.69, 9.17) is 10.5 Å². The zero-order valence-corrected chi connectivity index (χ0v) is 10.3. The molecule has 2 aromatic rings. The Morgan fingerprint density at radius 2 is 2.33 bits per heavy atom. The van der Waals surface area contributed by atoms with Crippen LogP contribution in [0.3, 0.4) is 0 Å². The second-order valence-corrected chi connectivity index (χ2v) is 4.01. The lowest BCUT2D eigenvalue weighted by atomic mass is 10.2. The van der Waals surface area contributed by atoms with Crippen molar-refractivity contribution in [1.29, 1.82) is 0 Å². The van der Waals surface area contributed by atoms with Crippen molar-refractivity contribution in [3.8, 4) is 0 Å². The molecule has 0 spiro atoms. The molecular weight excluding hydrogens is 228 g/mol. The summed E-state index contributed by atoms with van der Waals surface area (Å²) in [7, 11) is 0. The fourth-order valence-corrected chi connectivity index (χ4v) is 1.69. The minimum Gasteiger partial charge on any atom is -0.397 e. The summed E-state index contributed by atoms with van der Waals surface area (Å²) in [5.41, 5.74) is 8.54. The maximum atomic E-state index is 5.95. The number of aromatic nitrogens is 2. The summed E-state index contributed by atoms with van der Waals surface area (Å²) in [5.74, 6) is 0. The number of nitrogens with two attached hydrogens (primary N) is 1. The highest BCUT2D eigenvalue weighted by atomic mass is 16.5. The first-order chi connectivity index (χ1) is 8.81. The number of anilines is 2. The molecule has 0 fully saturated rings. The van der Waals surface area contributed by atoms with Gasteiger partial charge in [0.2, 0.25) is 0 Å². The fourth-order valence-electron chi connectivity index (χ4n) is 1.69. The average Bonchev–Trinajstić information content (AvgIpc) is 2.80. The summed E-state index contributed by atoms with van der Waals surface area (Å²) >= 11 is 0. The highest BCUT2D eigenvalue weighted by Crippen LogP contribution is 2.24. The molecule has 0 aliphatic heterocycles. The largest absolute Gasteiger partial charge is 0.397 e. The minimum atomic E-state index is 0.647. The van der Waals surface area contributed by atoms with Gasteiger partial charge in [-0.3, -0.25) is 5.10 Å². The quantitative estimate of drug-likeness (QED) is 0.397. The molecule has 0 saturated carbocycles. The van der Waals surface area contributed by atoms with Crippen LogP contribution in [0.25, 0.3) is 10.9 Å². The fraction of sp³-hybridized carbons (Fsp3) is 0.308. The zero-order chi connectivity index (χ0) is 12.8. The predicted molar refractivity (Wildman–Crippen MR) is 74.6 cm³/mol. The van der Waals surface area contributed by atoms with Crippen LogP contribution >= 0.6 is 0 Å². The van der Waals surface area contributed by atoms with Crippen molar-refractivity contribution >= 4 is 22.3 Å². The number of ether oxygens (including phenoxy) is 1. The molecule has 5 heteroatoms. The van der Waals surface area contributed by atoms with Crippen molar-refractivity contribution in [3.63, 3.8) is 0 Å². The van der Waals surface area contributed by atoms with Gasteiger partial charge in [-0.15, -0.1) is 6.58 Å². The van der Waals surface area contributed by atoms with Crippen LogP contribution in [0, 0.1) is 0 Å². The second-order valence-electron chi connectivity index (χ2n) is 4.01. The van der Waals surface area contributed by atoms with Gasteiger partial charge >= 0.3 is 0 Å². The Balaban J connectivity index is 1.86. The summed E-state index contributed by atoms with van der Waals surface area (Å²) in [6.07, 6.45) is 4.48. The lowest BCUT2D eigenvalue weighted by Gasteiger charge is -2.09. The van der Waals surface area contributed by atoms with Gasteiger partial charge in [0, 0.05) is 11.9 Å². The van der Waals surface area contributed by atoms with E-state index in [2.05, 4.69) is 22.1 Å². The lowest BCUT2D eigenvalue weighted by Crippen LogP contribution is -2.11. The number of benzene rings is 1. The highest BCUT2D eigenvalue weighted by molar-refractivity contribution is 5.88. The first-order valence-corrected chi connectivity index (χ1v) is 5.96. The maximum Gasteiger partial charge on any atom is 0.0672 e. The molecule has 0 atom stereocenters. The molecule has 1 aromatic carbocycles. The van der Waals surface area contributed by atoms with E-state index in [0.29, 0.717) is 13.2 Å². The van der Waals surface area contributed by atoms with Gasteiger partial charge in [-0.05, 0) is 18.6 Å². The van der Waals surface area contributed by atoms with Gasteiger partial charge in [0.05, 0.1) is 36.3 Å². The van der Waals surface area contributed by atoms with Crippen LogP contribution < -0.4 is 11.1 Å². The zero-order valence-electron chi connectivity index (χ0n) is 10.3. The standard InChI is InChI=1S/C13H18N4O/c1-2-3-5-18-6-4-15-13-8-12-10(7-11(13)14)9-16-17-12/h2,7-9,15H,1,3-6,14H2,(H,16,17). The third-order valence-corrected chi connectivity index (χ3v) is 2.64. The van der Waals surface area contributed by atoms with Crippen molar-refractivity contribution in [2.75, 3.05) is 30.8 Å². The lowest BCUT2D eigenvalue weighted by molar-refractivity contribution is 0.149. The summed E-state index contributed by atoms with van der Waals surface area (Å²) in [6.45, 7) is 5.72. The van der Waals surface area contributed by atoms with E-state index in [-0.39, 0.29) is 0 Å². The van der Waals surface area contributed by atoms with Crippen molar-refractivity contribution in [1.82, 2.24) is 10.2 Å². The molecule has 0 aliphatic carbocycles. The van der Waals surface area contributed by atoms with Crippen LogP contribution in [0.5, 0.6) is 0 Å². The van der Waals surface area contributed by atoms with Crippen molar-refractivity contribution in [2.24, 2.45) is 0 Å². The number of rotatable bonds is 7. The van der Waals surface area contributed by atoms with E-state index >= 15 is 0 Å². The number of H-pyrrole nitrogens is 1. The van der Waals surface area contributed by atoms with Crippen LogP contribution in [-0.2, 0) is 4.74 Å². The SMILES string of the molecule is C=CCCOCCNc1cc2[nH]ncc2cc1N. The molecule has 2 rings (SSSR count). The molecule has 0 aliphatic rings. The Bertz CT molecular complexity index is 521. The first kappa shape index (κ1) is 12.4. The average molecular weight is 246 g/mol. The molecule has 18 heavy (non-hydrogen) atoms. The number of hydrogen-bond acceptors (Lipinski definition) is 4. The Morgan fingerprint density at radius 3 is 3.17 bits per heavy atom. The van der Waals surface area contributed by atoms with E-state index in [1.54, 1.807) is 6.20 Å². The Kier molecular flexibility index (Phi) is 4.20. The smallest absolute Gasteiger partial charge is 0.0672 e. The number of nitrogen functional groups attached to an aromatic ring is 1. The Labute approximate surface area is 106 Å². The molecule has 0 amide bonds. The molecule has 0 bridgehead atoms. The minimum absolute atomic E-state index is 0.647. The van der Waals surface area contributed by atoms with E-state index in [1.165, 1.54) is 0 Å². The van der Waals surface area contributed by atoms with Gasteiger partial charge in [-0.1, -0.05) is 6.08 Å². The van der Waals surface area contributed by atoms with Crippen LogP contribution in [0.2, 0.25) is 0 Å². The van der Waals surface area contributed by atoms with E-state index in [9.17, 15) is 0 Å². The van der Waals surface area contributed by atoms with Gasteiger partial charge in [0.15, 0.2) is 0 Å². The Hall–Kier alpha value is -2.01. The van der Waals surface area contributed by atoms with E-state index in [0.717, 1.165) is 35.2 Å². The first-order valence-electron chi connectivity index (χ1n) is 5.96. The normalized spacial score (nSPS) is 10.7. The molecule has 0 radical (unpaired) electrons. The van der Waals surface area contributed by atoms with E-state index in [1.807, 2.05) is 18.2 Å². The number of fused-ring (bicyclic) bond motifs is 1. The van der Waals surface area contributed by atoms with Gasteiger partial charge in [-0.2, -0.15) is 5.10 Å². The topological polar surface area (TPSA) is 76.0 Å². The van der Waals surface area contributed by atoms with Gasteiger partial charge in [0.25, 0.3) is 0 Å². The molecule has 5 nitrogen and oxygen atoms in total. The van der Waals surface area contributed by atoms with Gasteiger partial charge in [-0.25, -0.2) is 0 Å². The summed E-state index contributed by atoms with van der Waals surface area (Å²) < 4.78 is 5.41. The number of nitrogens with one attached hydrogen (secondary N) is 2. The third-order valence-electron chi connectivity index (χ3n) is 2.64. The highest BCUT2D eigenvalue weighted by Gasteiger charge is 2.02. The molecular formula is C13H18N4O. The van der Waals surface area contributed by atoms with Crippen LogP contribution in [0.15, 0.2) is 31.0 Å². The van der Waals surface area contributed by atoms with E-state index < -0.39 is 0 Å². The molecule has 1 heterocycles. The second kappa shape index (κ2) is 6.07. The van der Waals surface area contributed by atoms with Crippen molar-refractivity contribution < 1.29 is 4.74 Å². The van der Waals surface area contributed by atoms with Crippen LogP contribution in [0.4, 0.5) is 11.4 Å². The summed E-state index contributed by atoms with van der Waals surface area (Å²) in [6, 6.07) is 3.86. The number of aromatic amines is 1. The Morgan fingerprint density at radius 1 is 1.44 bits per heavy atom. The molecule has 0 unspecified atom stereocenters. The molecule has 96 valence electrons. The summed E-state index contributed by atoms with van der Waals surface area (Å²) in [5, 5.41) is 11.2. The number of nitrogens with zero attached hydrogens (tertiary/aromatic N) is 1. The summed E-state index contributed by atoms with van der Waals surface area (Å²) in [4.78, 5) is 0. The van der Waals surface area contributed by atoms with Gasteiger partial charge in [0.1, 0.15) is 0 Å². The molecule has 0 saturated heterocycles. The monoisotopic (exact) mass is 246 g/mol.